The molecule has 0 aliphatic heterocycles. The van der Waals surface area contributed by atoms with Gasteiger partial charge in [0.1, 0.15) is 0 Å². The molecule has 1 amide bonds. The Bertz CT molecular complexity index is 265. The maximum absolute atomic E-state index is 12.6. The molecule has 2 saturated carbocycles. The van der Waals surface area contributed by atoms with Gasteiger partial charge in [-0.1, -0.05) is 25.7 Å². The molecule has 2 fully saturated rings. The van der Waals surface area contributed by atoms with Crippen LogP contribution in [0.2, 0.25) is 0 Å². The summed E-state index contributed by atoms with van der Waals surface area (Å²) in [4.78, 5) is 14.6. The summed E-state index contributed by atoms with van der Waals surface area (Å²) < 4.78 is 0. The number of hydrogen-bond acceptors (Lipinski definition) is 2. The van der Waals surface area contributed by atoms with Crippen molar-refractivity contribution in [3.8, 4) is 0 Å². The van der Waals surface area contributed by atoms with Gasteiger partial charge in [-0.25, -0.2) is 0 Å². The van der Waals surface area contributed by atoms with Crippen molar-refractivity contribution in [3.63, 3.8) is 0 Å². The molecule has 0 aromatic heterocycles. The number of carbonyl (C=O) groups is 1. The molecule has 0 radical (unpaired) electrons. The molecule has 0 aromatic rings. The van der Waals surface area contributed by atoms with Crippen molar-refractivity contribution in [3.05, 3.63) is 0 Å². The molecule has 0 atom stereocenters. The van der Waals surface area contributed by atoms with Crippen LogP contribution in [0.4, 0.5) is 0 Å². The van der Waals surface area contributed by atoms with E-state index in [-0.39, 0.29) is 5.41 Å². The number of nitrogens with zero attached hydrogens (tertiary/aromatic N) is 1. The van der Waals surface area contributed by atoms with Crippen molar-refractivity contribution >= 4 is 5.91 Å². The van der Waals surface area contributed by atoms with E-state index in [4.69, 9.17) is 5.73 Å². The molecule has 0 heterocycles. The van der Waals surface area contributed by atoms with E-state index >= 15 is 0 Å². The van der Waals surface area contributed by atoms with E-state index in [1.165, 1.54) is 38.5 Å². The van der Waals surface area contributed by atoms with Crippen LogP contribution in [0.25, 0.3) is 0 Å². The number of hydrogen-bond donors (Lipinski definition) is 1. The second-order valence-corrected chi connectivity index (χ2v) is 6.03. The lowest BCUT2D eigenvalue weighted by Gasteiger charge is -2.34. The summed E-state index contributed by atoms with van der Waals surface area (Å²) in [6.45, 7) is 1.47. The van der Waals surface area contributed by atoms with Crippen LogP contribution in [0.3, 0.4) is 0 Å². The van der Waals surface area contributed by atoms with Crippen LogP contribution in [0, 0.1) is 11.3 Å². The molecule has 0 aromatic carbocycles. The molecule has 0 bridgehead atoms. The first-order valence-electron chi connectivity index (χ1n) is 7.13. The average molecular weight is 238 g/mol. The Morgan fingerprint density at radius 3 is 2.29 bits per heavy atom. The van der Waals surface area contributed by atoms with Gasteiger partial charge in [0.05, 0.1) is 5.41 Å². The van der Waals surface area contributed by atoms with Crippen molar-refractivity contribution in [2.24, 2.45) is 17.1 Å². The largest absolute Gasteiger partial charge is 0.345 e. The van der Waals surface area contributed by atoms with Gasteiger partial charge in [0.2, 0.25) is 5.91 Å². The molecule has 3 heteroatoms. The Kier molecular flexibility index (Phi) is 4.08. The van der Waals surface area contributed by atoms with Gasteiger partial charge in [-0.3, -0.25) is 4.79 Å². The Labute approximate surface area is 105 Å². The highest BCUT2D eigenvalue weighted by molar-refractivity contribution is 5.82. The lowest BCUT2D eigenvalue weighted by atomic mass is 9.79. The summed E-state index contributed by atoms with van der Waals surface area (Å²) in [6.07, 6.45) is 9.46. The Balaban J connectivity index is 2.00. The molecule has 0 spiro atoms. The van der Waals surface area contributed by atoms with Gasteiger partial charge < -0.3 is 10.6 Å². The van der Waals surface area contributed by atoms with Gasteiger partial charge in [-0.05, 0) is 31.6 Å². The van der Waals surface area contributed by atoms with Crippen molar-refractivity contribution in [2.45, 2.75) is 51.4 Å². The van der Waals surface area contributed by atoms with E-state index < -0.39 is 0 Å². The fourth-order valence-electron chi connectivity index (χ4n) is 3.09. The van der Waals surface area contributed by atoms with Crippen LogP contribution in [-0.4, -0.2) is 30.9 Å². The van der Waals surface area contributed by atoms with E-state index in [0.29, 0.717) is 12.5 Å². The molecule has 3 nitrogen and oxygen atoms in total. The van der Waals surface area contributed by atoms with Crippen LogP contribution in [0.5, 0.6) is 0 Å². The zero-order valence-electron chi connectivity index (χ0n) is 11.1. The van der Waals surface area contributed by atoms with Crippen molar-refractivity contribution in [1.82, 2.24) is 4.90 Å². The van der Waals surface area contributed by atoms with E-state index in [0.717, 1.165) is 25.3 Å². The highest BCUT2D eigenvalue weighted by Gasteiger charge is 2.40. The summed E-state index contributed by atoms with van der Waals surface area (Å²) in [6, 6.07) is 0. The van der Waals surface area contributed by atoms with E-state index in [1.54, 1.807) is 0 Å². The maximum Gasteiger partial charge on any atom is 0.229 e. The summed E-state index contributed by atoms with van der Waals surface area (Å²) in [7, 11) is 1.96. The predicted molar refractivity (Wildman–Crippen MR) is 69.6 cm³/mol. The van der Waals surface area contributed by atoms with Crippen LogP contribution in [0.1, 0.15) is 51.4 Å². The fourth-order valence-corrected chi connectivity index (χ4v) is 3.09. The van der Waals surface area contributed by atoms with Crippen LogP contribution < -0.4 is 5.73 Å². The highest BCUT2D eigenvalue weighted by Crippen LogP contribution is 2.37. The maximum atomic E-state index is 12.6. The second-order valence-electron chi connectivity index (χ2n) is 6.03. The van der Waals surface area contributed by atoms with Gasteiger partial charge in [0, 0.05) is 20.1 Å². The lowest BCUT2D eigenvalue weighted by molar-refractivity contribution is -0.141. The van der Waals surface area contributed by atoms with Gasteiger partial charge in [-0.2, -0.15) is 0 Å². The second kappa shape index (κ2) is 5.38. The zero-order chi connectivity index (χ0) is 12.3. The normalized spacial score (nSPS) is 24.1. The minimum absolute atomic E-state index is 0.236. The molecule has 0 unspecified atom stereocenters. The number of nitrogens with two attached hydrogens (primary N) is 1. The monoisotopic (exact) mass is 238 g/mol. The fraction of sp³-hybridized carbons (Fsp3) is 0.929. The SMILES string of the molecule is CN(CC1CC1)C(=O)C1(CN)CCCCCC1. The summed E-state index contributed by atoms with van der Waals surface area (Å²) in [5.41, 5.74) is 5.71. The van der Waals surface area contributed by atoms with Crippen molar-refractivity contribution in [2.75, 3.05) is 20.1 Å². The van der Waals surface area contributed by atoms with Crippen LogP contribution in [-0.2, 0) is 4.79 Å². The summed E-state index contributed by atoms with van der Waals surface area (Å²) >= 11 is 0. The summed E-state index contributed by atoms with van der Waals surface area (Å²) in [5, 5.41) is 0. The molecule has 98 valence electrons. The van der Waals surface area contributed by atoms with E-state index in [2.05, 4.69) is 0 Å². The standard InChI is InChI=1S/C14H26N2O/c1-16(10-12-6-7-12)13(17)14(11-15)8-4-2-3-5-9-14/h12H,2-11,15H2,1H3. The predicted octanol–water partition coefficient (Wildman–Crippen LogP) is 2.15. The van der Waals surface area contributed by atoms with Crippen molar-refractivity contribution < 1.29 is 4.79 Å². The molecule has 2 aliphatic rings. The first-order chi connectivity index (χ1) is 8.18. The molecule has 17 heavy (non-hydrogen) atoms. The van der Waals surface area contributed by atoms with Crippen LogP contribution >= 0.6 is 0 Å². The topological polar surface area (TPSA) is 46.3 Å². The Hall–Kier alpha value is -0.570. The van der Waals surface area contributed by atoms with Gasteiger partial charge >= 0.3 is 0 Å². The first kappa shape index (κ1) is 12.9. The smallest absolute Gasteiger partial charge is 0.229 e. The van der Waals surface area contributed by atoms with Crippen molar-refractivity contribution in [1.29, 1.82) is 0 Å². The van der Waals surface area contributed by atoms with Gasteiger partial charge in [0.15, 0.2) is 0 Å². The Morgan fingerprint density at radius 2 is 1.82 bits per heavy atom. The first-order valence-corrected chi connectivity index (χ1v) is 7.13. The van der Waals surface area contributed by atoms with Gasteiger partial charge in [-0.15, -0.1) is 0 Å². The lowest BCUT2D eigenvalue weighted by Crippen LogP contribution is -2.47. The average Bonchev–Trinajstić information content (AvgIpc) is 3.14. The van der Waals surface area contributed by atoms with Crippen LogP contribution in [0.15, 0.2) is 0 Å². The number of carbonyl (C=O) groups excluding carboxylic acids is 1. The third-order valence-corrected chi connectivity index (χ3v) is 4.48. The zero-order valence-corrected chi connectivity index (χ0v) is 11.1. The molecular weight excluding hydrogens is 212 g/mol. The minimum Gasteiger partial charge on any atom is -0.345 e. The molecule has 2 N–H and O–H groups in total. The third kappa shape index (κ3) is 3.01. The van der Waals surface area contributed by atoms with E-state index in [1.807, 2.05) is 11.9 Å². The molecule has 2 aliphatic carbocycles. The molecule has 0 saturated heterocycles. The third-order valence-electron chi connectivity index (χ3n) is 4.48. The quantitative estimate of drug-likeness (QED) is 0.763. The highest BCUT2D eigenvalue weighted by atomic mass is 16.2. The van der Waals surface area contributed by atoms with Gasteiger partial charge in [0.25, 0.3) is 0 Å². The number of amides is 1. The minimum atomic E-state index is -0.236. The molecular formula is C14H26N2O. The van der Waals surface area contributed by atoms with E-state index in [9.17, 15) is 4.79 Å². The summed E-state index contributed by atoms with van der Waals surface area (Å²) in [5.74, 6) is 1.08. The molecule has 2 rings (SSSR count). The Morgan fingerprint density at radius 1 is 1.24 bits per heavy atom. The number of rotatable bonds is 4.